The van der Waals surface area contributed by atoms with Gasteiger partial charge in [-0.25, -0.2) is 0 Å². The maximum absolute atomic E-state index is 12.5. The molecular weight excluding hydrogens is 266 g/mol. The molecule has 3 heteroatoms. The zero-order valence-corrected chi connectivity index (χ0v) is 13.1. The molecular formula is C17H23NOS. The average Bonchev–Trinajstić information content (AvgIpc) is 2.90. The van der Waals surface area contributed by atoms with E-state index in [1.807, 2.05) is 17.5 Å². The van der Waals surface area contributed by atoms with Gasteiger partial charge in [0.2, 0.25) is 0 Å². The number of hydrogen-bond donors (Lipinski definition) is 1. The second-order valence-corrected chi connectivity index (χ2v) is 6.60. The largest absolute Gasteiger partial charge is 0.330 e. The first kappa shape index (κ1) is 15.2. The van der Waals surface area contributed by atoms with Gasteiger partial charge in [-0.2, -0.15) is 0 Å². The van der Waals surface area contributed by atoms with Gasteiger partial charge in [-0.1, -0.05) is 26.0 Å². The lowest BCUT2D eigenvalue weighted by Crippen LogP contribution is -2.15. The van der Waals surface area contributed by atoms with Gasteiger partial charge in [-0.15, -0.1) is 11.3 Å². The van der Waals surface area contributed by atoms with Crippen molar-refractivity contribution in [2.24, 2.45) is 17.6 Å². The van der Waals surface area contributed by atoms with Crippen LogP contribution in [0.3, 0.4) is 0 Å². The molecule has 2 nitrogen and oxygen atoms in total. The first-order chi connectivity index (χ1) is 9.63. The van der Waals surface area contributed by atoms with E-state index in [-0.39, 0.29) is 5.78 Å². The van der Waals surface area contributed by atoms with E-state index in [9.17, 15) is 4.79 Å². The van der Waals surface area contributed by atoms with Gasteiger partial charge in [0.25, 0.3) is 0 Å². The van der Waals surface area contributed by atoms with Gasteiger partial charge in [0.1, 0.15) is 0 Å². The van der Waals surface area contributed by atoms with E-state index in [4.69, 9.17) is 5.73 Å². The molecule has 1 aromatic heterocycles. The molecule has 0 bridgehead atoms. The van der Waals surface area contributed by atoms with Crippen LogP contribution in [0.2, 0.25) is 0 Å². The average molecular weight is 289 g/mol. The Bertz CT molecular complexity index is 573. The molecule has 1 unspecified atom stereocenters. The van der Waals surface area contributed by atoms with E-state index in [0.717, 1.165) is 23.1 Å². The van der Waals surface area contributed by atoms with Crippen LogP contribution in [0.5, 0.6) is 0 Å². The van der Waals surface area contributed by atoms with Crippen LogP contribution < -0.4 is 5.73 Å². The quantitative estimate of drug-likeness (QED) is 0.763. The minimum atomic E-state index is 0.265. The van der Waals surface area contributed by atoms with Gasteiger partial charge in [-0.3, -0.25) is 4.79 Å². The molecule has 1 atom stereocenters. The van der Waals surface area contributed by atoms with E-state index in [1.165, 1.54) is 5.39 Å². The number of carbonyl (C=O) groups excluding carboxylic acids is 1. The monoisotopic (exact) mass is 289 g/mol. The molecule has 2 N–H and O–H groups in total. The van der Waals surface area contributed by atoms with Crippen LogP contribution in [0.15, 0.2) is 29.6 Å². The molecule has 0 amide bonds. The highest BCUT2D eigenvalue weighted by Gasteiger charge is 2.16. The number of thiophene rings is 1. The van der Waals surface area contributed by atoms with Crippen molar-refractivity contribution in [1.82, 2.24) is 0 Å². The highest BCUT2D eigenvalue weighted by atomic mass is 32.1. The molecule has 108 valence electrons. The lowest BCUT2D eigenvalue weighted by Gasteiger charge is -2.19. The minimum Gasteiger partial charge on any atom is -0.330 e. The zero-order chi connectivity index (χ0) is 14.5. The van der Waals surface area contributed by atoms with Crippen molar-refractivity contribution in [2.45, 2.75) is 33.1 Å². The van der Waals surface area contributed by atoms with Crippen LogP contribution in [0.1, 0.15) is 43.5 Å². The highest BCUT2D eigenvalue weighted by Crippen LogP contribution is 2.27. The SMILES string of the molecule is CC(C)C(CCN)CCC(=O)c1cccc2ccsc12. The van der Waals surface area contributed by atoms with Gasteiger partial charge >= 0.3 is 0 Å². The van der Waals surface area contributed by atoms with Gasteiger partial charge in [0.05, 0.1) is 0 Å². The lowest BCUT2D eigenvalue weighted by molar-refractivity contribution is 0.0971. The summed E-state index contributed by atoms with van der Waals surface area (Å²) in [5, 5.41) is 3.22. The summed E-state index contributed by atoms with van der Waals surface area (Å²) in [5.74, 6) is 1.40. The molecule has 0 aliphatic carbocycles. The van der Waals surface area contributed by atoms with Gasteiger partial charge < -0.3 is 5.73 Å². The Kier molecular flexibility index (Phi) is 5.32. The van der Waals surface area contributed by atoms with E-state index in [2.05, 4.69) is 26.0 Å². The molecule has 0 aliphatic rings. The van der Waals surface area contributed by atoms with Crippen molar-refractivity contribution in [2.75, 3.05) is 6.54 Å². The summed E-state index contributed by atoms with van der Waals surface area (Å²) in [6.07, 6.45) is 2.57. The number of rotatable bonds is 7. The van der Waals surface area contributed by atoms with Crippen LogP contribution in [-0.4, -0.2) is 12.3 Å². The molecule has 1 aromatic carbocycles. The van der Waals surface area contributed by atoms with Crippen LogP contribution >= 0.6 is 11.3 Å². The van der Waals surface area contributed by atoms with Crippen molar-refractivity contribution in [3.8, 4) is 0 Å². The summed E-state index contributed by atoms with van der Waals surface area (Å²) in [7, 11) is 0. The third-order valence-electron chi connectivity index (χ3n) is 4.00. The normalized spacial score (nSPS) is 13.0. The molecule has 2 aromatic rings. The fourth-order valence-corrected chi connectivity index (χ4v) is 3.62. The number of nitrogens with two attached hydrogens (primary N) is 1. The van der Waals surface area contributed by atoms with Crippen LogP contribution in [0.25, 0.3) is 10.1 Å². The predicted molar refractivity (Wildman–Crippen MR) is 87.4 cm³/mol. The van der Waals surface area contributed by atoms with Crippen molar-refractivity contribution in [1.29, 1.82) is 0 Å². The Hall–Kier alpha value is -1.19. The summed E-state index contributed by atoms with van der Waals surface area (Å²) in [6.45, 7) is 5.13. The maximum atomic E-state index is 12.5. The molecule has 0 fully saturated rings. The van der Waals surface area contributed by atoms with Gasteiger partial charge in [-0.05, 0) is 54.1 Å². The molecule has 1 heterocycles. The zero-order valence-electron chi connectivity index (χ0n) is 12.3. The Balaban J connectivity index is 2.06. The number of ketones is 1. The highest BCUT2D eigenvalue weighted by molar-refractivity contribution is 7.17. The number of benzene rings is 1. The van der Waals surface area contributed by atoms with E-state index >= 15 is 0 Å². The van der Waals surface area contributed by atoms with Crippen molar-refractivity contribution in [3.05, 3.63) is 35.2 Å². The first-order valence-electron chi connectivity index (χ1n) is 7.33. The summed E-state index contributed by atoms with van der Waals surface area (Å²) in [4.78, 5) is 12.5. The smallest absolute Gasteiger partial charge is 0.164 e. The number of hydrogen-bond acceptors (Lipinski definition) is 3. The Morgan fingerprint density at radius 1 is 1.25 bits per heavy atom. The fourth-order valence-electron chi connectivity index (χ4n) is 2.69. The summed E-state index contributed by atoms with van der Waals surface area (Å²) >= 11 is 1.65. The molecule has 2 rings (SSSR count). The Morgan fingerprint density at radius 2 is 2.05 bits per heavy atom. The number of Topliss-reactive ketones (excluding diaryl/α,β-unsaturated/α-hetero) is 1. The van der Waals surface area contributed by atoms with Crippen molar-refractivity contribution >= 4 is 27.2 Å². The fraction of sp³-hybridized carbons (Fsp3) is 0.471. The molecule has 0 aliphatic heterocycles. The first-order valence-corrected chi connectivity index (χ1v) is 8.21. The second kappa shape index (κ2) is 7.00. The van der Waals surface area contributed by atoms with Gasteiger partial charge in [0.15, 0.2) is 5.78 Å². The number of fused-ring (bicyclic) bond motifs is 1. The van der Waals surface area contributed by atoms with E-state index in [0.29, 0.717) is 24.8 Å². The van der Waals surface area contributed by atoms with Crippen molar-refractivity contribution in [3.63, 3.8) is 0 Å². The summed E-state index contributed by atoms with van der Waals surface area (Å²) in [5.41, 5.74) is 6.54. The molecule has 0 saturated heterocycles. The molecule has 0 spiro atoms. The Morgan fingerprint density at radius 3 is 2.75 bits per heavy atom. The van der Waals surface area contributed by atoms with Crippen LogP contribution in [-0.2, 0) is 0 Å². The predicted octanol–water partition coefficient (Wildman–Crippen LogP) is 4.49. The molecule has 0 saturated carbocycles. The third-order valence-corrected chi connectivity index (χ3v) is 4.97. The second-order valence-electron chi connectivity index (χ2n) is 5.69. The van der Waals surface area contributed by atoms with E-state index in [1.54, 1.807) is 11.3 Å². The van der Waals surface area contributed by atoms with Crippen LogP contribution in [0, 0.1) is 11.8 Å². The van der Waals surface area contributed by atoms with Crippen LogP contribution in [0.4, 0.5) is 0 Å². The van der Waals surface area contributed by atoms with Gasteiger partial charge in [0, 0.05) is 16.7 Å². The number of carbonyl (C=O) groups is 1. The van der Waals surface area contributed by atoms with E-state index < -0.39 is 0 Å². The third kappa shape index (κ3) is 3.47. The lowest BCUT2D eigenvalue weighted by atomic mass is 9.87. The molecule has 20 heavy (non-hydrogen) atoms. The topological polar surface area (TPSA) is 43.1 Å². The summed E-state index contributed by atoms with van der Waals surface area (Å²) < 4.78 is 1.12. The molecule has 0 radical (unpaired) electrons. The Labute approximate surface area is 125 Å². The summed E-state index contributed by atoms with van der Waals surface area (Å²) in [6, 6.07) is 8.06. The maximum Gasteiger partial charge on any atom is 0.164 e. The minimum absolute atomic E-state index is 0.265. The standard InChI is InChI=1S/C17H23NOS/c1-12(2)13(8-10-18)6-7-16(19)15-5-3-4-14-9-11-20-17(14)15/h3-5,9,11-13H,6-8,10,18H2,1-2H3. The van der Waals surface area contributed by atoms with Crippen molar-refractivity contribution < 1.29 is 4.79 Å².